The monoisotopic (exact) mass is 390 g/mol. The van der Waals surface area contributed by atoms with Gasteiger partial charge < -0.3 is 15.2 Å². The van der Waals surface area contributed by atoms with E-state index in [4.69, 9.17) is 16.3 Å². The maximum atomic E-state index is 12.6. The predicted octanol–water partition coefficient (Wildman–Crippen LogP) is 1.72. The summed E-state index contributed by atoms with van der Waals surface area (Å²) in [5, 5.41) is 16.0. The van der Waals surface area contributed by atoms with Crippen LogP contribution < -0.4 is 10.9 Å². The van der Waals surface area contributed by atoms with Gasteiger partial charge in [0.2, 0.25) is 0 Å². The Balaban J connectivity index is 1.82. The fourth-order valence-electron chi connectivity index (χ4n) is 2.32. The molecule has 1 saturated heterocycles. The van der Waals surface area contributed by atoms with E-state index < -0.39 is 22.7 Å². The van der Waals surface area contributed by atoms with Gasteiger partial charge in [-0.25, -0.2) is 4.98 Å². The number of hydrogen-bond acceptors (Lipinski definition) is 6. The van der Waals surface area contributed by atoms with Crippen LogP contribution in [0.15, 0.2) is 29.3 Å². The number of aliphatic hydroxyl groups excluding tert-OH is 1. The van der Waals surface area contributed by atoms with Gasteiger partial charge in [-0.2, -0.15) is 23.0 Å². The number of nitrogens with one attached hydrogen (secondary N) is 1. The minimum absolute atomic E-state index is 0.0857. The molecule has 0 saturated carbocycles. The lowest BCUT2D eigenvalue weighted by Crippen LogP contribution is -2.50. The second-order valence-electron chi connectivity index (χ2n) is 6.00. The van der Waals surface area contributed by atoms with Crippen LogP contribution in [-0.2, 0) is 10.9 Å². The lowest BCUT2D eigenvalue weighted by Gasteiger charge is -2.40. The first-order chi connectivity index (χ1) is 12.3. The molecule has 0 bridgehead atoms. The second-order valence-corrected chi connectivity index (χ2v) is 6.37. The second kappa shape index (κ2) is 6.86. The van der Waals surface area contributed by atoms with Gasteiger partial charge in [-0.1, -0.05) is 11.6 Å². The van der Waals surface area contributed by atoms with Gasteiger partial charge >= 0.3 is 6.18 Å². The van der Waals surface area contributed by atoms with Gasteiger partial charge in [0.25, 0.3) is 5.56 Å². The molecule has 0 radical (unpaired) electrons. The van der Waals surface area contributed by atoms with Crippen molar-refractivity contribution in [2.75, 3.05) is 31.7 Å². The van der Waals surface area contributed by atoms with Gasteiger partial charge in [-0.3, -0.25) is 4.79 Å². The average molecular weight is 391 g/mol. The number of pyridine rings is 1. The summed E-state index contributed by atoms with van der Waals surface area (Å²) in [5.74, 6) is -0.0873. The van der Waals surface area contributed by atoms with Crippen LogP contribution in [0.5, 0.6) is 0 Å². The molecule has 0 unspecified atom stereocenters. The van der Waals surface area contributed by atoms with Gasteiger partial charge in [0.1, 0.15) is 5.02 Å². The van der Waals surface area contributed by atoms with Crippen LogP contribution in [0.1, 0.15) is 5.56 Å². The SMILES string of the molecule is O=c1c(Cl)c(NCC2(CO)COC2)cnn1-c1ccc(C(F)(F)F)cn1. The van der Waals surface area contributed by atoms with Crippen LogP contribution in [-0.4, -0.2) is 46.2 Å². The van der Waals surface area contributed by atoms with Gasteiger partial charge in [0.15, 0.2) is 5.82 Å². The van der Waals surface area contributed by atoms with E-state index in [1.54, 1.807) is 0 Å². The molecule has 1 aliphatic rings. The number of hydrogen-bond donors (Lipinski definition) is 2. The molecule has 2 N–H and O–H groups in total. The van der Waals surface area contributed by atoms with Gasteiger partial charge in [-0.15, -0.1) is 0 Å². The number of alkyl halides is 3. The molecule has 0 amide bonds. The summed E-state index contributed by atoms with van der Waals surface area (Å²) in [6.07, 6.45) is -2.64. The Hall–Kier alpha value is -2.17. The minimum Gasteiger partial charge on any atom is -0.396 e. The molecule has 0 aromatic carbocycles. The largest absolute Gasteiger partial charge is 0.417 e. The maximum Gasteiger partial charge on any atom is 0.417 e. The normalized spacial score (nSPS) is 16.2. The highest BCUT2D eigenvalue weighted by molar-refractivity contribution is 6.32. The minimum atomic E-state index is -4.52. The molecule has 0 aliphatic carbocycles. The molecule has 3 rings (SSSR count). The summed E-state index contributed by atoms with van der Waals surface area (Å²) >= 11 is 6.05. The first-order valence-corrected chi connectivity index (χ1v) is 7.87. The summed E-state index contributed by atoms with van der Waals surface area (Å²) in [7, 11) is 0. The first kappa shape index (κ1) is 18.6. The van der Waals surface area contributed by atoms with Gasteiger partial charge in [0.05, 0.1) is 42.7 Å². The first-order valence-electron chi connectivity index (χ1n) is 7.50. The van der Waals surface area contributed by atoms with Crippen molar-refractivity contribution < 1.29 is 23.0 Å². The molecular weight excluding hydrogens is 377 g/mol. The molecule has 0 spiro atoms. The van der Waals surface area contributed by atoms with E-state index in [-0.39, 0.29) is 23.1 Å². The Morgan fingerprint density at radius 2 is 2.08 bits per heavy atom. The maximum absolute atomic E-state index is 12.6. The van der Waals surface area contributed by atoms with Crippen LogP contribution >= 0.6 is 11.6 Å². The van der Waals surface area contributed by atoms with Crippen LogP contribution in [0.3, 0.4) is 0 Å². The zero-order chi connectivity index (χ0) is 18.9. The number of aliphatic hydroxyl groups is 1. The molecule has 2 aromatic heterocycles. The Kier molecular flexibility index (Phi) is 4.91. The van der Waals surface area contributed by atoms with E-state index in [0.717, 1.165) is 16.8 Å². The highest BCUT2D eigenvalue weighted by Crippen LogP contribution is 2.29. The smallest absolute Gasteiger partial charge is 0.396 e. The topological polar surface area (TPSA) is 89.3 Å². The summed E-state index contributed by atoms with van der Waals surface area (Å²) < 4.78 is 43.6. The van der Waals surface area contributed by atoms with Crippen LogP contribution in [0, 0.1) is 5.41 Å². The van der Waals surface area contributed by atoms with Crippen LogP contribution in [0.2, 0.25) is 5.02 Å². The molecule has 2 aromatic rings. The lowest BCUT2D eigenvalue weighted by atomic mass is 9.87. The quantitative estimate of drug-likeness (QED) is 0.808. The van der Waals surface area contributed by atoms with E-state index in [1.165, 1.54) is 6.20 Å². The van der Waals surface area contributed by atoms with E-state index in [9.17, 15) is 23.1 Å². The van der Waals surface area contributed by atoms with Crippen molar-refractivity contribution >= 4 is 17.3 Å². The summed E-state index contributed by atoms with van der Waals surface area (Å²) in [6.45, 7) is 1.01. The van der Waals surface area contributed by atoms with Gasteiger partial charge in [0, 0.05) is 12.7 Å². The zero-order valence-corrected chi connectivity index (χ0v) is 14.0. The zero-order valence-electron chi connectivity index (χ0n) is 13.3. The Morgan fingerprint density at radius 3 is 2.58 bits per heavy atom. The van der Waals surface area contributed by atoms with Gasteiger partial charge in [-0.05, 0) is 12.1 Å². The highest BCUT2D eigenvalue weighted by Gasteiger charge is 2.38. The number of ether oxygens (including phenoxy) is 1. The highest BCUT2D eigenvalue weighted by atomic mass is 35.5. The number of rotatable bonds is 5. The van der Waals surface area contributed by atoms with Crippen molar-refractivity contribution in [3.63, 3.8) is 0 Å². The molecule has 1 fully saturated rings. The standard InChI is InChI=1S/C15H14ClF3N4O3/c16-12-10(21-5-14(6-24)7-26-8-14)4-22-23(13(12)25)11-2-1-9(3-20-11)15(17,18)19/h1-4,21,24H,5-8H2. The molecule has 1 aliphatic heterocycles. The third-order valence-electron chi connectivity index (χ3n) is 4.02. The molecule has 7 nitrogen and oxygen atoms in total. The molecule has 140 valence electrons. The lowest BCUT2D eigenvalue weighted by molar-refractivity contribution is -0.137. The summed E-state index contributed by atoms with van der Waals surface area (Å²) in [5.41, 5.74) is -1.85. The third kappa shape index (κ3) is 3.53. The number of anilines is 1. The molecule has 0 atom stereocenters. The number of aromatic nitrogens is 3. The molecule has 11 heteroatoms. The van der Waals surface area contributed by atoms with E-state index in [2.05, 4.69) is 15.4 Å². The average Bonchev–Trinajstić information content (AvgIpc) is 2.57. The predicted molar refractivity (Wildman–Crippen MR) is 86.5 cm³/mol. The van der Waals surface area contributed by atoms with E-state index in [0.29, 0.717) is 26.0 Å². The van der Waals surface area contributed by atoms with E-state index in [1.807, 2.05) is 0 Å². The molecular formula is C15H14ClF3N4O3. The summed E-state index contributed by atoms with van der Waals surface area (Å²) in [4.78, 5) is 16.0. The van der Waals surface area contributed by atoms with Crippen molar-refractivity contribution in [1.82, 2.24) is 14.8 Å². The fraction of sp³-hybridized carbons (Fsp3) is 0.400. The fourth-order valence-corrected chi connectivity index (χ4v) is 2.52. The molecule has 26 heavy (non-hydrogen) atoms. The Labute approximate surface area is 150 Å². The third-order valence-corrected chi connectivity index (χ3v) is 4.38. The van der Waals surface area contributed by atoms with Crippen LogP contribution in [0.4, 0.5) is 18.9 Å². The van der Waals surface area contributed by atoms with Crippen molar-refractivity contribution in [2.45, 2.75) is 6.18 Å². The Bertz CT molecular complexity index is 845. The number of halogens is 4. The molecule has 3 heterocycles. The van der Waals surface area contributed by atoms with Crippen molar-refractivity contribution in [2.24, 2.45) is 5.41 Å². The Morgan fingerprint density at radius 1 is 1.35 bits per heavy atom. The van der Waals surface area contributed by atoms with E-state index >= 15 is 0 Å². The summed E-state index contributed by atoms with van der Waals surface area (Å²) in [6, 6.07) is 1.84. The van der Waals surface area contributed by atoms with Crippen LogP contribution in [0.25, 0.3) is 5.82 Å². The number of nitrogens with zero attached hydrogens (tertiary/aromatic N) is 3. The van der Waals surface area contributed by atoms with Crippen molar-refractivity contribution in [1.29, 1.82) is 0 Å². The van der Waals surface area contributed by atoms with Crippen molar-refractivity contribution in [3.8, 4) is 5.82 Å². The van der Waals surface area contributed by atoms with Crippen molar-refractivity contribution in [3.05, 3.63) is 45.5 Å².